The molecule has 0 aliphatic carbocycles. The van der Waals surface area contributed by atoms with E-state index < -0.39 is 23.1 Å². The van der Waals surface area contributed by atoms with Crippen LogP contribution in [0.5, 0.6) is 0 Å². The van der Waals surface area contributed by atoms with E-state index in [0.717, 1.165) is 23.0 Å². The molecule has 0 aliphatic rings. The SMILES string of the molecule is CCCCn1c(=O)n(Cc2ccccc2F)c(=O)c2[nH]c(Cc3ccc(NC(N)=O)cc3)nc21. The largest absolute Gasteiger partial charge is 0.351 e. The van der Waals surface area contributed by atoms with Crippen molar-refractivity contribution in [3.05, 3.63) is 92.1 Å². The third-order valence-corrected chi connectivity index (χ3v) is 5.52. The molecule has 0 bridgehead atoms. The highest BCUT2D eigenvalue weighted by Crippen LogP contribution is 2.15. The molecule has 2 aromatic carbocycles. The summed E-state index contributed by atoms with van der Waals surface area (Å²) in [4.78, 5) is 45.0. The molecule has 4 aromatic rings. The number of hydrogen-bond acceptors (Lipinski definition) is 4. The van der Waals surface area contributed by atoms with Gasteiger partial charge in [0.05, 0.1) is 6.54 Å². The molecule has 9 nitrogen and oxygen atoms in total. The van der Waals surface area contributed by atoms with E-state index in [4.69, 9.17) is 5.73 Å². The number of imidazole rings is 1. The molecule has 2 amide bonds. The quantitative estimate of drug-likeness (QED) is 0.370. The average Bonchev–Trinajstić information content (AvgIpc) is 3.22. The Hall–Kier alpha value is -4.21. The van der Waals surface area contributed by atoms with E-state index in [9.17, 15) is 18.8 Å². The van der Waals surface area contributed by atoms with E-state index in [1.165, 1.54) is 10.6 Å². The summed E-state index contributed by atoms with van der Waals surface area (Å²) in [5, 5.41) is 2.49. The number of nitrogens with zero attached hydrogens (tertiary/aromatic N) is 3. The smallest absolute Gasteiger partial charge is 0.333 e. The molecule has 10 heteroatoms. The van der Waals surface area contributed by atoms with Crippen LogP contribution in [0.2, 0.25) is 0 Å². The van der Waals surface area contributed by atoms with Gasteiger partial charge in [-0.3, -0.25) is 13.9 Å². The van der Waals surface area contributed by atoms with Gasteiger partial charge in [0, 0.05) is 24.2 Å². The van der Waals surface area contributed by atoms with Crippen molar-refractivity contribution in [3.8, 4) is 0 Å². The molecule has 0 unspecified atom stereocenters. The van der Waals surface area contributed by atoms with Crippen molar-refractivity contribution in [2.75, 3.05) is 5.32 Å². The number of primary amides is 1. The van der Waals surface area contributed by atoms with E-state index in [0.29, 0.717) is 24.5 Å². The van der Waals surface area contributed by atoms with Crippen LogP contribution >= 0.6 is 0 Å². The fourth-order valence-corrected chi connectivity index (χ4v) is 3.79. The number of aromatic nitrogens is 4. The first-order valence-electron chi connectivity index (χ1n) is 11.0. The van der Waals surface area contributed by atoms with Gasteiger partial charge in [-0.05, 0) is 30.2 Å². The highest BCUT2D eigenvalue weighted by molar-refractivity contribution is 5.87. The second-order valence-corrected chi connectivity index (χ2v) is 8.02. The van der Waals surface area contributed by atoms with Crippen LogP contribution in [0.3, 0.4) is 0 Å². The maximum Gasteiger partial charge on any atom is 0.333 e. The fraction of sp³-hybridized carbons (Fsp3) is 0.250. The zero-order valence-electron chi connectivity index (χ0n) is 18.7. The predicted molar refractivity (Wildman–Crippen MR) is 127 cm³/mol. The number of rotatable bonds is 8. The number of aromatic amines is 1. The van der Waals surface area contributed by atoms with Gasteiger partial charge in [-0.2, -0.15) is 0 Å². The fourth-order valence-electron chi connectivity index (χ4n) is 3.79. The number of H-pyrrole nitrogens is 1. The highest BCUT2D eigenvalue weighted by atomic mass is 19.1. The van der Waals surface area contributed by atoms with Gasteiger partial charge in [-0.1, -0.05) is 43.7 Å². The minimum atomic E-state index is -0.651. The van der Waals surface area contributed by atoms with Crippen molar-refractivity contribution < 1.29 is 9.18 Å². The Balaban J connectivity index is 1.75. The Morgan fingerprint density at radius 3 is 2.53 bits per heavy atom. The summed E-state index contributed by atoms with van der Waals surface area (Å²) in [6.45, 7) is 2.22. The molecule has 176 valence electrons. The van der Waals surface area contributed by atoms with Crippen molar-refractivity contribution in [2.45, 2.75) is 39.3 Å². The molecular weight excluding hydrogens is 439 g/mol. The second kappa shape index (κ2) is 9.74. The number of amides is 2. The Labute approximate surface area is 194 Å². The molecule has 2 heterocycles. The monoisotopic (exact) mass is 464 g/mol. The number of nitrogens with two attached hydrogens (primary N) is 1. The number of halogens is 1. The molecule has 0 radical (unpaired) electrons. The number of nitrogens with one attached hydrogen (secondary N) is 2. The van der Waals surface area contributed by atoms with Gasteiger partial charge in [0.1, 0.15) is 17.2 Å². The predicted octanol–water partition coefficient (Wildman–Crippen LogP) is 2.96. The summed E-state index contributed by atoms with van der Waals surface area (Å²) < 4.78 is 16.7. The topological polar surface area (TPSA) is 128 Å². The number of urea groups is 1. The third kappa shape index (κ3) is 4.75. The van der Waals surface area contributed by atoms with Crippen LogP contribution in [0.25, 0.3) is 11.2 Å². The van der Waals surface area contributed by atoms with Gasteiger partial charge in [0.15, 0.2) is 5.65 Å². The standard InChI is InChI=1S/C24H25FN6O3/c1-2-3-12-30-21-20(22(32)31(24(30)34)14-16-6-4-5-7-18(16)25)28-19(29-21)13-15-8-10-17(11-9-15)27-23(26)33/h4-11H,2-3,12-14H2,1H3,(H,28,29)(H3,26,27,33). The van der Waals surface area contributed by atoms with Crippen LogP contribution in [0.1, 0.15) is 36.7 Å². The lowest BCUT2D eigenvalue weighted by molar-refractivity contribution is 0.259. The van der Waals surface area contributed by atoms with Gasteiger partial charge >= 0.3 is 11.7 Å². The Morgan fingerprint density at radius 1 is 1.12 bits per heavy atom. The number of benzene rings is 2. The normalized spacial score (nSPS) is 11.1. The van der Waals surface area contributed by atoms with Crippen LogP contribution in [0, 0.1) is 5.82 Å². The number of aryl methyl sites for hydroxylation is 1. The number of fused-ring (bicyclic) bond motifs is 1. The van der Waals surface area contributed by atoms with Crippen LogP contribution in [-0.4, -0.2) is 25.1 Å². The first-order valence-corrected chi connectivity index (χ1v) is 11.0. The minimum absolute atomic E-state index is 0.172. The maximum absolute atomic E-state index is 14.2. The summed E-state index contributed by atoms with van der Waals surface area (Å²) in [7, 11) is 0. The molecule has 0 saturated heterocycles. The van der Waals surface area contributed by atoms with Crippen LogP contribution in [0.4, 0.5) is 14.9 Å². The third-order valence-electron chi connectivity index (χ3n) is 5.52. The highest BCUT2D eigenvalue weighted by Gasteiger charge is 2.18. The molecule has 2 aromatic heterocycles. The first-order chi connectivity index (χ1) is 16.4. The Kier molecular flexibility index (Phi) is 6.58. The lowest BCUT2D eigenvalue weighted by Crippen LogP contribution is -2.40. The second-order valence-electron chi connectivity index (χ2n) is 8.02. The van der Waals surface area contributed by atoms with Crippen molar-refractivity contribution in [1.29, 1.82) is 0 Å². The first kappa shape index (κ1) is 23.0. The zero-order chi connectivity index (χ0) is 24.2. The lowest BCUT2D eigenvalue weighted by Gasteiger charge is -2.11. The molecule has 34 heavy (non-hydrogen) atoms. The van der Waals surface area contributed by atoms with Gasteiger partial charge in [0.25, 0.3) is 5.56 Å². The molecule has 0 saturated carbocycles. The van der Waals surface area contributed by atoms with E-state index in [1.807, 2.05) is 6.92 Å². The van der Waals surface area contributed by atoms with Crippen LogP contribution in [0.15, 0.2) is 58.1 Å². The average molecular weight is 465 g/mol. The van der Waals surface area contributed by atoms with Crippen molar-refractivity contribution in [1.82, 2.24) is 19.1 Å². The summed E-state index contributed by atoms with van der Waals surface area (Å²) in [5.41, 5.74) is 6.25. The molecule has 0 fully saturated rings. The summed E-state index contributed by atoms with van der Waals surface area (Å²) in [6, 6.07) is 12.4. The number of carbonyl (C=O) groups excluding carboxylic acids is 1. The molecule has 4 rings (SSSR count). The lowest BCUT2D eigenvalue weighted by atomic mass is 10.1. The Bertz CT molecular complexity index is 1450. The zero-order valence-corrected chi connectivity index (χ0v) is 18.7. The molecule has 0 aliphatic heterocycles. The van der Waals surface area contributed by atoms with E-state index in [2.05, 4.69) is 15.3 Å². The molecule has 0 spiro atoms. The van der Waals surface area contributed by atoms with E-state index in [-0.39, 0.29) is 23.3 Å². The molecular formula is C24H25FN6O3. The van der Waals surface area contributed by atoms with Gasteiger partial charge < -0.3 is 16.0 Å². The van der Waals surface area contributed by atoms with Crippen LogP contribution in [-0.2, 0) is 19.5 Å². The van der Waals surface area contributed by atoms with Gasteiger partial charge in [-0.25, -0.2) is 19.0 Å². The van der Waals surface area contributed by atoms with Gasteiger partial charge in [-0.15, -0.1) is 0 Å². The number of hydrogen-bond donors (Lipinski definition) is 3. The number of carbonyl (C=O) groups is 1. The minimum Gasteiger partial charge on any atom is -0.351 e. The van der Waals surface area contributed by atoms with Crippen molar-refractivity contribution >= 4 is 22.9 Å². The summed E-state index contributed by atoms with van der Waals surface area (Å²) in [6.07, 6.45) is 1.95. The van der Waals surface area contributed by atoms with Crippen LogP contribution < -0.4 is 22.3 Å². The van der Waals surface area contributed by atoms with E-state index in [1.54, 1.807) is 42.5 Å². The number of anilines is 1. The summed E-state index contributed by atoms with van der Waals surface area (Å²) in [5.74, 6) is 0.0320. The van der Waals surface area contributed by atoms with Crippen molar-refractivity contribution in [2.24, 2.45) is 5.73 Å². The maximum atomic E-state index is 14.2. The van der Waals surface area contributed by atoms with Crippen molar-refractivity contribution in [3.63, 3.8) is 0 Å². The van der Waals surface area contributed by atoms with Gasteiger partial charge in [0.2, 0.25) is 0 Å². The van der Waals surface area contributed by atoms with E-state index >= 15 is 0 Å². The number of unbranched alkanes of at least 4 members (excludes halogenated alkanes) is 1. The Morgan fingerprint density at radius 2 is 1.85 bits per heavy atom. The molecule has 4 N–H and O–H groups in total. The summed E-state index contributed by atoms with van der Waals surface area (Å²) >= 11 is 0. The molecule has 0 atom stereocenters.